The number of nitro benzene ring substituents is 2. The summed E-state index contributed by atoms with van der Waals surface area (Å²) in [7, 11) is 0. The highest BCUT2D eigenvalue weighted by Crippen LogP contribution is 2.32. The zero-order valence-electron chi connectivity index (χ0n) is 11.9. The Labute approximate surface area is 120 Å². The van der Waals surface area contributed by atoms with E-state index in [1.807, 2.05) is 13.8 Å². The molecule has 8 heteroatoms. The molecular weight excluding hydrogens is 278 g/mol. The Kier molecular flexibility index (Phi) is 3.63. The summed E-state index contributed by atoms with van der Waals surface area (Å²) in [5.74, 6) is 0.189. The molecule has 1 atom stereocenters. The van der Waals surface area contributed by atoms with Crippen LogP contribution in [0.15, 0.2) is 23.2 Å². The number of nitrogens with zero attached hydrogens (tertiary/aromatic N) is 3. The molecule has 1 aliphatic heterocycles. The van der Waals surface area contributed by atoms with Crippen LogP contribution in [-0.2, 0) is 4.74 Å². The van der Waals surface area contributed by atoms with Crippen LogP contribution in [0.2, 0.25) is 0 Å². The van der Waals surface area contributed by atoms with Crippen molar-refractivity contribution < 1.29 is 14.6 Å². The zero-order valence-corrected chi connectivity index (χ0v) is 11.9. The second-order valence-corrected chi connectivity index (χ2v) is 5.54. The number of benzene rings is 1. The molecule has 0 saturated heterocycles. The van der Waals surface area contributed by atoms with Crippen LogP contribution in [0.1, 0.15) is 32.3 Å². The molecule has 1 heterocycles. The molecule has 1 aliphatic rings. The first-order valence-corrected chi connectivity index (χ1v) is 6.36. The Morgan fingerprint density at radius 2 is 1.86 bits per heavy atom. The van der Waals surface area contributed by atoms with Crippen molar-refractivity contribution in [3.63, 3.8) is 0 Å². The molecule has 21 heavy (non-hydrogen) atoms. The van der Waals surface area contributed by atoms with Crippen LogP contribution in [0.5, 0.6) is 0 Å². The summed E-state index contributed by atoms with van der Waals surface area (Å²) in [6, 6.07) is 3.84. The molecule has 8 nitrogen and oxygen atoms in total. The summed E-state index contributed by atoms with van der Waals surface area (Å²) < 4.78 is 5.51. The fourth-order valence-electron chi connectivity index (χ4n) is 2.09. The van der Waals surface area contributed by atoms with Crippen LogP contribution >= 0.6 is 0 Å². The molecule has 1 aromatic carbocycles. The van der Waals surface area contributed by atoms with E-state index < -0.39 is 21.2 Å². The third-order valence-corrected chi connectivity index (χ3v) is 3.25. The third kappa shape index (κ3) is 2.99. The molecule has 0 aliphatic carbocycles. The minimum Gasteiger partial charge on any atom is -0.478 e. The van der Waals surface area contributed by atoms with Crippen LogP contribution in [-0.4, -0.2) is 27.9 Å². The minimum absolute atomic E-state index is 0.300. The van der Waals surface area contributed by atoms with Gasteiger partial charge in [0, 0.05) is 12.1 Å². The average Bonchev–Trinajstić information content (AvgIpc) is 2.77. The average molecular weight is 293 g/mol. The van der Waals surface area contributed by atoms with Crippen molar-refractivity contribution in [3.8, 4) is 0 Å². The quantitative estimate of drug-likeness (QED) is 0.626. The second kappa shape index (κ2) is 5.12. The molecule has 1 unspecified atom stereocenters. The molecule has 1 aromatic rings. The van der Waals surface area contributed by atoms with Gasteiger partial charge >= 0.3 is 11.4 Å². The topological polar surface area (TPSA) is 108 Å². The first-order valence-electron chi connectivity index (χ1n) is 6.36. The first kappa shape index (κ1) is 14.9. The highest BCUT2D eigenvalue weighted by atomic mass is 16.6. The molecule has 0 amide bonds. The van der Waals surface area contributed by atoms with E-state index in [-0.39, 0.29) is 11.5 Å². The van der Waals surface area contributed by atoms with E-state index in [1.165, 1.54) is 12.1 Å². The van der Waals surface area contributed by atoms with Gasteiger partial charge in [0.15, 0.2) is 5.90 Å². The van der Waals surface area contributed by atoms with Gasteiger partial charge < -0.3 is 4.74 Å². The Hall–Kier alpha value is -2.51. The van der Waals surface area contributed by atoms with Gasteiger partial charge in [-0.1, -0.05) is 6.07 Å². The lowest BCUT2D eigenvalue weighted by atomic mass is 9.99. The van der Waals surface area contributed by atoms with Gasteiger partial charge in [0.05, 0.1) is 21.3 Å². The van der Waals surface area contributed by atoms with Crippen LogP contribution < -0.4 is 0 Å². The van der Waals surface area contributed by atoms with Crippen molar-refractivity contribution in [1.29, 1.82) is 0 Å². The fourth-order valence-corrected chi connectivity index (χ4v) is 2.09. The van der Waals surface area contributed by atoms with E-state index in [9.17, 15) is 20.2 Å². The number of aliphatic imine (C=N–C) groups is 1. The molecule has 0 spiro atoms. The smallest absolute Gasteiger partial charge is 0.346 e. The van der Waals surface area contributed by atoms with Crippen molar-refractivity contribution >= 4 is 17.3 Å². The maximum Gasteiger partial charge on any atom is 0.346 e. The van der Waals surface area contributed by atoms with E-state index in [0.29, 0.717) is 18.1 Å². The molecule has 0 fully saturated rings. The summed E-state index contributed by atoms with van der Waals surface area (Å²) >= 11 is 0. The van der Waals surface area contributed by atoms with Crippen LogP contribution in [0.4, 0.5) is 11.4 Å². The number of hydrogen-bond donors (Lipinski definition) is 0. The van der Waals surface area contributed by atoms with Crippen LogP contribution in [0.25, 0.3) is 0 Å². The third-order valence-electron chi connectivity index (χ3n) is 3.25. The van der Waals surface area contributed by atoms with Crippen molar-refractivity contribution in [3.05, 3.63) is 44.0 Å². The lowest BCUT2D eigenvalue weighted by Crippen LogP contribution is -2.17. The molecule has 0 bridgehead atoms. The van der Waals surface area contributed by atoms with Crippen LogP contribution in [0.3, 0.4) is 0 Å². The Morgan fingerprint density at radius 1 is 1.24 bits per heavy atom. The summed E-state index contributed by atoms with van der Waals surface area (Å²) in [5.41, 5.74) is -0.812. The Morgan fingerprint density at radius 3 is 2.33 bits per heavy atom. The maximum absolute atomic E-state index is 11.0. The van der Waals surface area contributed by atoms with Crippen LogP contribution in [0, 0.1) is 20.2 Å². The van der Waals surface area contributed by atoms with Gasteiger partial charge in [-0.15, -0.1) is 0 Å². The number of rotatable bonds is 4. The predicted octanol–water partition coefficient (Wildman–Crippen LogP) is 2.81. The predicted molar refractivity (Wildman–Crippen MR) is 75.6 cm³/mol. The lowest BCUT2D eigenvalue weighted by molar-refractivity contribution is -0.422. The monoisotopic (exact) mass is 293 g/mol. The van der Waals surface area contributed by atoms with Gasteiger partial charge in [-0.25, -0.2) is 4.99 Å². The number of nitro groups is 2. The van der Waals surface area contributed by atoms with Gasteiger partial charge in [-0.2, -0.15) is 0 Å². The largest absolute Gasteiger partial charge is 0.478 e. The van der Waals surface area contributed by atoms with Crippen molar-refractivity contribution in [2.45, 2.75) is 32.2 Å². The molecular formula is C13H15N3O5. The standard InChI is InChI=1S/C13H15N3O5/c1-8(12-14-13(2,3)7-21-12)9-4-5-10(15(17)18)11(6-9)16(19)20/h4-6,8H,7H2,1-3H3. The van der Waals surface area contributed by atoms with Gasteiger partial charge in [0.25, 0.3) is 0 Å². The Bertz CT molecular complexity index is 639. The maximum atomic E-state index is 11.0. The van der Waals surface area contributed by atoms with E-state index in [2.05, 4.69) is 4.99 Å². The zero-order chi connectivity index (χ0) is 15.8. The lowest BCUT2D eigenvalue weighted by Gasteiger charge is -2.11. The normalized spacial score (nSPS) is 17.8. The highest BCUT2D eigenvalue weighted by Gasteiger charge is 2.31. The van der Waals surface area contributed by atoms with E-state index in [4.69, 9.17) is 4.74 Å². The second-order valence-electron chi connectivity index (χ2n) is 5.54. The first-order chi connectivity index (χ1) is 9.71. The van der Waals surface area contributed by atoms with Gasteiger partial charge in [0.2, 0.25) is 0 Å². The molecule has 0 aromatic heterocycles. The van der Waals surface area contributed by atoms with E-state index in [0.717, 1.165) is 6.07 Å². The number of ether oxygens (including phenoxy) is 1. The SMILES string of the molecule is CC(C1=NC(C)(C)CO1)c1ccc([N+](=O)[O-])c([N+](=O)[O-])c1. The van der Waals surface area contributed by atoms with E-state index >= 15 is 0 Å². The minimum atomic E-state index is -0.765. The summed E-state index contributed by atoms with van der Waals surface area (Å²) in [5, 5.41) is 21.8. The van der Waals surface area contributed by atoms with E-state index in [1.54, 1.807) is 6.92 Å². The van der Waals surface area contributed by atoms with Gasteiger partial charge in [-0.05, 0) is 26.3 Å². The molecule has 0 saturated carbocycles. The fraction of sp³-hybridized carbons (Fsp3) is 0.462. The Balaban J connectivity index is 2.39. The molecule has 0 radical (unpaired) electrons. The highest BCUT2D eigenvalue weighted by molar-refractivity contribution is 5.85. The summed E-state index contributed by atoms with van der Waals surface area (Å²) in [6.45, 7) is 6.09. The molecule has 0 N–H and O–H groups in total. The van der Waals surface area contributed by atoms with Gasteiger partial charge in [-0.3, -0.25) is 20.2 Å². The van der Waals surface area contributed by atoms with Crippen molar-refractivity contribution in [2.75, 3.05) is 6.61 Å². The van der Waals surface area contributed by atoms with Crippen molar-refractivity contribution in [2.24, 2.45) is 4.99 Å². The molecule has 112 valence electrons. The number of hydrogen-bond acceptors (Lipinski definition) is 6. The van der Waals surface area contributed by atoms with Crippen molar-refractivity contribution in [1.82, 2.24) is 0 Å². The van der Waals surface area contributed by atoms with Gasteiger partial charge in [0.1, 0.15) is 6.61 Å². The molecule has 2 rings (SSSR count). The summed E-state index contributed by atoms with van der Waals surface area (Å²) in [6.07, 6.45) is 0. The summed E-state index contributed by atoms with van der Waals surface area (Å²) in [4.78, 5) is 24.7.